The Morgan fingerprint density at radius 1 is 1.15 bits per heavy atom. The third-order valence-corrected chi connectivity index (χ3v) is 6.20. The van der Waals surface area contributed by atoms with Gasteiger partial charge in [-0.3, -0.25) is 9.48 Å². The van der Waals surface area contributed by atoms with Crippen LogP contribution in [-0.2, 0) is 24.2 Å². The maximum atomic E-state index is 13.1. The number of hydrogen-bond donors (Lipinski definition) is 0. The molecule has 1 amide bonds. The Morgan fingerprint density at radius 3 is 2.52 bits per heavy atom. The average Bonchev–Trinajstić information content (AvgIpc) is 3.31. The lowest BCUT2D eigenvalue weighted by molar-refractivity contribution is -0.134. The number of fused-ring (bicyclic) bond motifs is 2. The van der Waals surface area contributed by atoms with Gasteiger partial charge in [0.05, 0.1) is 18.3 Å². The van der Waals surface area contributed by atoms with Crippen molar-refractivity contribution in [3.8, 4) is 0 Å². The quantitative estimate of drug-likeness (QED) is 0.789. The van der Waals surface area contributed by atoms with Gasteiger partial charge >= 0.3 is 0 Å². The van der Waals surface area contributed by atoms with Crippen LogP contribution in [-0.4, -0.2) is 51.7 Å². The molecule has 4 rings (SSSR count). The molecule has 144 valence electrons. The Balaban J connectivity index is 1.42. The molecule has 1 aromatic heterocycles. The fourth-order valence-corrected chi connectivity index (χ4v) is 4.66. The van der Waals surface area contributed by atoms with E-state index in [2.05, 4.69) is 63.8 Å². The number of carbonyl (C=O) groups is 1. The van der Waals surface area contributed by atoms with Crippen LogP contribution in [0.5, 0.6) is 0 Å². The van der Waals surface area contributed by atoms with Crippen LogP contribution in [0.3, 0.4) is 0 Å². The van der Waals surface area contributed by atoms with E-state index < -0.39 is 0 Å². The Bertz CT molecular complexity index is 770. The molecule has 0 spiro atoms. The van der Waals surface area contributed by atoms with Gasteiger partial charge in [0.15, 0.2) is 0 Å². The number of likely N-dealkylation sites (N-methyl/N-ethyl adjacent to an activating group) is 1. The van der Waals surface area contributed by atoms with Gasteiger partial charge in [-0.25, -0.2) is 0 Å². The molecule has 2 aromatic rings. The van der Waals surface area contributed by atoms with Gasteiger partial charge in [-0.2, -0.15) is 5.10 Å². The van der Waals surface area contributed by atoms with Crippen LogP contribution < -0.4 is 0 Å². The maximum Gasteiger partial charge on any atom is 0.223 e. The summed E-state index contributed by atoms with van der Waals surface area (Å²) in [6, 6.07) is 10.9. The topological polar surface area (TPSA) is 41.4 Å². The standard InChI is InChI=1S/C22H30N4O/c1-3-24(4-2)14-21-16-25(15-20-9-10-23-26(20)21)22(27)13-17-11-18-7-5-6-8-19(18)12-17/h5-10,17,21H,3-4,11-16H2,1-2H3/t21-/m1/s1. The smallest absolute Gasteiger partial charge is 0.223 e. The molecule has 5 heteroatoms. The highest BCUT2D eigenvalue weighted by Crippen LogP contribution is 2.30. The Hall–Kier alpha value is -2.14. The Labute approximate surface area is 162 Å². The van der Waals surface area contributed by atoms with Gasteiger partial charge in [0, 0.05) is 25.7 Å². The van der Waals surface area contributed by atoms with Crippen molar-refractivity contribution in [3.05, 3.63) is 53.3 Å². The first-order valence-corrected chi connectivity index (χ1v) is 10.3. The number of nitrogens with zero attached hydrogens (tertiary/aromatic N) is 4. The zero-order valence-corrected chi connectivity index (χ0v) is 16.5. The highest BCUT2D eigenvalue weighted by Gasteiger charge is 2.31. The molecule has 0 radical (unpaired) electrons. The summed E-state index contributed by atoms with van der Waals surface area (Å²) in [4.78, 5) is 17.6. The van der Waals surface area contributed by atoms with Gasteiger partial charge in [-0.15, -0.1) is 0 Å². The number of hydrogen-bond acceptors (Lipinski definition) is 3. The summed E-state index contributed by atoms with van der Waals surface area (Å²) < 4.78 is 2.13. The highest BCUT2D eigenvalue weighted by atomic mass is 16.2. The molecule has 0 fully saturated rings. The first-order valence-electron chi connectivity index (χ1n) is 10.3. The van der Waals surface area contributed by atoms with E-state index in [9.17, 15) is 4.79 Å². The summed E-state index contributed by atoms with van der Waals surface area (Å²) in [6.07, 6.45) is 4.60. The Kier molecular flexibility index (Phi) is 5.30. The summed E-state index contributed by atoms with van der Waals surface area (Å²) in [5.74, 6) is 0.743. The zero-order valence-electron chi connectivity index (χ0n) is 16.5. The molecule has 2 aliphatic rings. The largest absolute Gasteiger partial charge is 0.335 e. The first kappa shape index (κ1) is 18.2. The molecule has 1 aliphatic heterocycles. The molecule has 0 saturated carbocycles. The summed E-state index contributed by atoms with van der Waals surface area (Å²) >= 11 is 0. The number of aromatic nitrogens is 2. The van der Waals surface area contributed by atoms with Gasteiger partial charge in [0.2, 0.25) is 5.91 Å². The average molecular weight is 367 g/mol. The minimum Gasteiger partial charge on any atom is -0.335 e. The zero-order chi connectivity index (χ0) is 18.8. The van der Waals surface area contributed by atoms with Crippen molar-refractivity contribution < 1.29 is 4.79 Å². The minimum atomic E-state index is 0.244. The van der Waals surface area contributed by atoms with Crippen LogP contribution in [0.25, 0.3) is 0 Å². The van der Waals surface area contributed by atoms with Gasteiger partial charge in [0.25, 0.3) is 0 Å². The molecule has 1 aliphatic carbocycles. The lowest BCUT2D eigenvalue weighted by Gasteiger charge is -2.36. The van der Waals surface area contributed by atoms with E-state index in [0.29, 0.717) is 24.8 Å². The number of carbonyl (C=O) groups excluding carboxylic acids is 1. The van der Waals surface area contributed by atoms with Gasteiger partial charge in [0.1, 0.15) is 0 Å². The van der Waals surface area contributed by atoms with Crippen molar-refractivity contribution in [2.45, 2.75) is 45.7 Å². The fraction of sp³-hybridized carbons (Fsp3) is 0.545. The molecule has 1 atom stereocenters. The van der Waals surface area contributed by atoms with Crippen molar-refractivity contribution in [3.63, 3.8) is 0 Å². The van der Waals surface area contributed by atoms with E-state index in [-0.39, 0.29) is 6.04 Å². The predicted octanol–water partition coefficient (Wildman–Crippen LogP) is 2.91. The van der Waals surface area contributed by atoms with Crippen LogP contribution in [0.15, 0.2) is 36.5 Å². The molecule has 0 unspecified atom stereocenters. The molecule has 27 heavy (non-hydrogen) atoms. The lowest BCUT2D eigenvalue weighted by Crippen LogP contribution is -2.45. The number of amides is 1. The molecule has 1 aromatic carbocycles. The second-order valence-electron chi connectivity index (χ2n) is 7.93. The summed E-state index contributed by atoms with van der Waals surface area (Å²) in [6.45, 7) is 8.83. The second-order valence-corrected chi connectivity index (χ2v) is 7.93. The fourth-order valence-electron chi connectivity index (χ4n) is 4.66. The van der Waals surface area contributed by atoms with Crippen molar-refractivity contribution >= 4 is 5.91 Å². The van der Waals surface area contributed by atoms with E-state index in [4.69, 9.17) is 0 Å². The lowest BCUT2D eigenvalue weighted by atomic mass is 10.0. The minimum absolute atomic E-state index is 0.244. The van der Waals surface area contributed by atoms with Crippen molar-refractivity contribution in [1.29, 1.82) is 0 Å². The molecule has 2 heterocycles. The van der Waals surface area contributed by atoms with E-state index in [0.717, 1.165) is 44.7 Å². The van der Waals surface area contributed by atoms with E-state index in [1.807, 2.05) is 6.20 Å². The molecule has 5 nitrogen and oxygen atoms in total. The van der Waals surface area contributed by atoms with Crippen molar-refractivity contribution in [2.75, 3.05) is 26.2 Å². The molecule has 0 N–H and O–H groups in total. The SMILES string of the molecule is CCN(CC)C[C@@H]1CN(C(=O)CC2Cc3ccccc3C2)Cc2ccnn21. The van der Waals surface area contributed by atoms with E-state index >= 15 is 0 Å². The maximum absolute atomic E-state index is 13.1. The van der Waals surface area contributed by atoms with Crippen molar-refractivity contribution in [1.82, 2.24) is 19.6 Å². The predicted molar refractivity (Wildman–Crippen MR) is 106 cm³/mol. The number of benzene rings is 1. The van der Waals surface area contributed by atoms with Gasteiger partial charge in [-0.1, -0.05) is 38.1 Å². The first-order chi connectivity index (χ1) is 13.2. The summed E-state index contributed by atoms with van der Waals surface area (Å²) in [5.41, 5.74) is 4.00. The van der Waals surface area contributed by atoms with Crippen molar-refractivity contribution in [2.24, 2.45) is 5.92 Å². The van der Waals surface area contributed by atoms with Crippen LogP contribution >= 0.6 is 0 Å². The highest BCUT2D eigenvalue weighted by molar-refractivity contribution is 5.76. The van der Waals surface area contributed by atoms with Gasteiger partial charge in [-0.05, 0) is 49.0 Å². The van der Waals surface area contributed by atoms with Crippen LogP contribution in [0.4, 0.5) is 0 Å². The molecule has 0 saturated heterocycles. The summed E-state index contributed by atoms with van der Waals surface area (Å²) in [7, 11) is 0. The van der Waals surface area contributed by atoms with Crippen LogP contribution in [0.1, 0.15) is 43.1 Å². The molecular weight excluding hydrogens is 336 g/mol. The van der Waals surface area contributed by atoms with E-state index in [1.165, 1.54) is 11.1 Å². The monoisotopic (exact) mass is 366 g/mol. The number of rotatable bonds is 6. The van der Waals surface area contributed by atoms with Crippen LogP contribution in [0.2, 0.25) is 0 Å². The third kappa shape index (κ3) is 3.79. The second kappa shape index (κ2) is 7.85. The molecule has 0 bridgehead atoms. The Morgan fingerprint density at radius 2 is 1.85 bits per heavy atom. The third-order valence-electron chi connectivity index (χ3n) is 6.20. The van der Waals surface area contributed by atoms with Gasteiger partial charge < -0.3 is 9.80 Å². The van der Waals surface area contributed by atoms with E-state index in [1.54, 1.807) is 0 Å². The normalized spacial score (nSPS) is 19.4. The van der Waals surface area contributed by atoms with Crippen LogP contribution in [0, 0.1) is 5.92 Å². The summed E-state index contributed by atoms with van der Waals surface area (Å²) in [5, 5.41) is 4.54. The molecular formula is C22H30N4O.